The van der Waals surface area contributed by atoms with Gasteiger partial charge in [-0.1, -0.05) is 27.5 Å². The van der Waals surface area contributed by atoms with Crippen LogP contribution < -0.4 is 9.88 Å². The lowest BCUT2D eigenvalue weighted by molar-refractivity contribution is 0.00211. The van der Waals surface area contributed by atoms with E-state index in [4.69, 9.17) is 26.2 Å². The molecule has 0 aliphatic carbocycles. The summed E-state index contributed by atoms with van der Waals surface area (Å²) in [5.74, 6) is 0.414. The molecular formula is C13H17BrClNO4S. The van der Waals surface area contributed by atoms with E-state index in [-0.39, 0.29) is 12.4 Å². The summed E-state index contributed by atoms with van der Waals surface area (Å²) in [5.41, 5.74) is -0.526. The largest absolute Gasteiger partial charge is 0.491 e. The first-order valence-corrected chi connectivity index (χ1v) is 9.34. The fourth-order valence-electron chi connectivity index (χ4n) is 2.38. The van der Waals surface area contributed by atoms with Crippen molar-refractivity contribution in [1.29, 1.82) is 0 Å². The van der Waals surface area contributed by atoms with Crippen molar-refractivity contribution in [3.05, 3.63) is 27.7 Å². The molecule has 1 aliphatic heterocycles. The highest BCUT2D eigenvalue weighted by Crippen LogP contribution is 2.34. The Bertz CT molecular complexity index is 602. The maximum absolute atomic E-state index is 11.5. The molecule has 0 radical (unpaired) electrons. The smallest absolute Gasteiger partial charge is 0.209 e. The third-order valence-electron chi connectivity index (χ3n) is 3.49. The van der Waals surface area contributed by atoms with Crippen molar-refractivity contribution in [2.75, 3.05) is 25.6 Å². The van der Waals surface area contributed by atoms with Gasteiger partial charge in [-0.25, -0.2) is 13.6 Å². The van der Waals surface area contributed by atoms with Gasteiger partial charge in [0, 0.05) is 23.1 Å². The van der Waals surface area contributed by atoms with Crippen LogP contribution in [0.15, 0.2) is 22.7 Å². The zero-order chi connectivity index (χ0) is 15.5. The van der Waals surface area contributed by atoms with E-state index in [9.17, 15) is 8.42 Å². The summed E-state index contributed by atoms with van der Waals surface area (Å²) in [6, 6.07) is 5.29. The van der Waals surface area contributed by atoms with E-state index in [1.807, 2.05) is 6.07 Å². The number of hydrogen-bond donors (Lipinski definition) is 1. The minimum atomic E-state index is -3.58. The summed E-state index contributed by atoms with van der Waals surface area (Å²) in [6.07, 6.45) is 1.19. The molecule has 0 atom stereocenters. The van der Waals surface area contributed by atoms with Gasteiger partial charge in [-0.3, -0.25) is 0 Å². The molecule has 2 rings (SSSR count). The molecule has 0 unspecified atom stereocenters. The Balaban J connectivity index is 2.12. The number of ether oxygens (including phenoxy) is 2. The lowest BCUT2D eigenvalue weighted by atomic mass is 9.83. The summed E-state index contributed by atoms with van der Waals surface area (Å²) in [6.45, 7) is 1.26. The third kappa shape index (κ3) is 5.10. The number of hydrogen-bond acceptors (Lipinski definition) is 4. The van der Waals surface area contributed by atoms with Crippen LogP contribution in [0, 0.1) is 5.41 Å². The topological polar surface area (TPSA) is 78.6 Å². The lowest BCUT2D eigenvalue weighted by Crippen LogP contribution is -2.42. The summed E-state index contributed by atoms with van der Waals surface area (Å²) in [5, 5.41) is 5.69. The fourth-order valence-corrected chi connectivity index (χ4v) is 4.34. The van der Waals surface area contributed by atoms with Gasteiger partial charge in [0.15, 0.2) is 0 Å². The second kappa shape index (κ2) is 6.83. The first-order chi connectivity index (χ1) is 9.80. The second-order valence-electron chi connectivity index (χ2n) is 5.28. The molecule has 1 aliphatic rings. The van der Waals surface area contributed by atoms with E-state index in [0.29, 0.717) is 36.8 Å². The quantitative estimate of drug-likeness (QED) is 0.827. The third-order valence-corrected chi connectivity index (χ3v) is 5.29. The summed E-state index contributed by atoms with van der Waals surface area (Å²) in [4.78, 5) is 0. The number of primary sulfonamides is 1. The van der Waals surface area contributed by atoms with Crippen LogP contribution >= 0.6 is 27.5 Å². The molecule has 0 aromatic heterocycles. The second-order valence-corrected chi connectivity index (χ2v) is 8.22. The van der Waals surface area contributed by atoms with E-state index >= 15 is 0 Å². The fraction of sp³-hybridized carbons (Fsp3) is 0.538. The minimum Gasteiger partial charge on any atom is -0.491 e. The Morgan fingerprint density at radius 2 is 2.05 bits per heavy atom. The van der Waals surface area contributed by atoms with Crippen molar-refractivity contribution in [3.63, 3.8) is 0 Å². The van der Waals surface area contributed by atoms with Crippen molar-refractivity contribution < 1.29 is 17.9 Å². The first kappa shape index (κ1) is 17.0. The molecule has 0 spiro atoms. The molecule has 5 nitrogen and oxygen atoms in total. The average Bonchev–Trinajstić information content (AvgIpc) is 2.37. The number of halogens is 2. The molecule has 2 N–H and O–H groups in total. The van der Waals surface area contributed by atoms with Crippen LogP contribution in [0.2, 0.25) is 5.02 Å². The Hall–Kier alpha value is -0.340. The molecule has 0 saturated carbocycles. The highest BCUT2D eigenvalue weighted by molar-refractivity contribution is 9.10. The van der Waals surface area contributed by atoms with Crippen LogP contribution in [-0.4, -0.2) is 34.0 Å². The van der Waals surface area contributed by atoms with Gasteiger partial charge in [-0.2, -0.15) is 0 Å². The predicted molar refractivity (Wildman–Crippen MR) is 85.1 cm³/mol. The van der Waals surface area contributed by atoms with Gasteiger partial charge < -0.3 is 9.47 Å². The van der Waals surface area contributed by atoms with E-state index in [0.717, 1.165) is 4.47 Å². The molecule has 1 fully saturated rings. The molecule has 0 bridgehead atoms. The molecule has 1 heterocycles. The van der Waals surface area contributed by atoms with Crippen LogP contribution in [0.1, 0.15) is 12.8 Å². The molecule has 1 aromatic rings. The molecule has 118 valence electrons. The van der Waals surface area contributed by atoms with Gasteiger partial charge in [0.2, 0.25) is 10.0 Å². The van der Waals surface area contributed by atoms with Crippen molar-refractivity contribution in [3.8, 4) is 5.75 Å². The number of nitrogens with two attached hydrogens (primary N) is 1. The zero-order valence-corrected chi connectivity index (χ0v) is 14.5. The van der Waals surface area contributed by atoms with Crippen LogP contribution in [-0.2, 0) is 14.8 Å². The van der Waals surface area contributed by atoms with E-state index < -0.39 is 15.4 Å². The summed E-state index contributed by atoms with van der Waals surface area (Å²) < 4.78 is 34.9. The highest BCUT2D eigenvalue weighted by Gasteiger charge is 2.37. The van der Waals surface area contributed by atoms with Crippen molar-refractivity contribution in [2.45, 2.75) is 12.8 Å². The highest BCUT2D eigenvalue weighted by atomic mass is 79.9. The first-order valence-electron chi connectivity index (χ1n) is 6.46. The maximum atomic E-state index is 11.5. The van der Waals surface area contributed by atoms with Crippen LogP contribution in [0.25, 0.3) is 0 Å². The standard InChI is InChI=1S/C13H17BrClNO4S/c14-10-1-2-12(11(15)7-10)20-8-13(9-21(16,17)18)3-5-19-6-4-13/h1-2,7H,3-6,8-9H2,(H2,16,17,18). The lowest BCUT2D eigenvalue weighted by Gasteiger charge is -2.36. The molecule has 8 heteroatoms. The van der Waals surface area contributed by atoms with Gasteiger partial charge in [-0.15, -0.1) is 0 Å². The van der Waals surface area contributed by atoms with Gasteiger partial charge in [0.05, 0.1) is 17.4 Å². The van der Waals surface area contributed by atoms with Crippen molar-refractivity contribution >= 4 is 37.6 Å². The normalized spacial score (nSPS) is 18.4. The van der Waals surface area contributed by atoms with Crippen LogP contribution in [0.5, 0.6) is 5.75 Å². The van der Waals surface area contributed by atoms with Gasteiger partial charge >= 0.3 is 0 Å². The predicted octanol–water partition coefficient (Wildman–Crippen LogP) is 2.57. The monoisotopic (exact) mass is 397 g/mol. The summed E-state index contributed by atoms with van der Waals surface area (Å²) in [7, 11) is -3.58. The molecular weight excluding hydrogens is 382 g/mol. The van der Waals surface area contributed by atoms with Gasteiger partial charge in [0.25, 0.3) is 0 Å². The van der Waals surface area contributed by atoms with Gasteiger partial charge in [0.1, 0.15) is 5.75 Å². The van der Waals surface area contributed by atoms with Crippen LogP contribution in [0.3, 0.4) is 0 Å². The molecule has 21 heavy (non-hydrogen) atoms. The Morgan fingerprint density at radius 3 is 2.62 bits per heavy atom. The van der Waals surface area contributed by atoms with E-state index in [1.165, 1.54) is 0 Å². The maximum Gasteiger partial charge on any atom is 0.209 e. The Kier molecular flexibility index (Phi) is 5.54. The Morgan fingerprint density at radius 1 is 1.38 bits per heavy atom. The van der Waals surface area contributed by atoms with Crippen molar-refractivity contribution in [2.24, 2.45) is 10.6 Å². The van der Waals surface area contributed by atoms with Crippen LogP contribution in [0.4, 0.5) is 0 Å². The average molecular weight is 399 g/mol. The van der Waals surface area contributed by atoms with E-state index in [1.54, 1.807) is 12.1 Å². The van der Waals surface area contributed by atoms with Crippen molar-refractivity contribution in [1.82, 2.24) is 0 Å². The van der Waals surface area contributed by atoms with Gasteiger partial charge in [-0.05, 0) is 31.0 Å². The number of benzene rings is 1. The SMILES string of the molecule is NS(=O)(=O)CC1(COc2ccc(Br)cc2Cl)CCOCC1. The Labute approximate surface area is 137 Å². The molecule has 1 saturated heterocycles. The molecule has 0 amide bonds. The number of sulfonamides is 1. The zero-order valence-electron chi connectivity index (χ0n) is 11.3. The minimum absolute atomic E-state index is 0.114. The molecule has 1 aromatic carbocycles. The summed E-state index contributed by atoms with van der Waals surface area (Å²) >= 11 is 9.43. The number of rotatable bonds is 5. The van der Waals surface area contributed by atoms with E-state index in [2.05, 4.69) is 15.9 Å².